The van der Waals surface area contributed by atoms with Crippen LogP contribution in [-0.2, 0) is 17.6 Å². The molecule has 0 spiro atoms. The molecule has 0 saturated carbocycles. The number of aryl methyl sites for hydroxylation is 2. The molecule has 0 saturated heterocycles. The van der Waals surface area contributed by atoms with Crippen LogP contribution in [0.4, 0.5) is 16.2 Å². The average Bonchev–Trinajstić information content (AvgIpc) is 3.47. The molecule has 176 valence electrons. The molecule has 1 aliphatic rings. The van der Waals surface area contributed by atoms with Crippen molar-refractivity contribution in [1.29, 1.82) is 0 Å². The van der Waals surface area contributed by atoms with Crippen molar-refractivity contribution in [3.63, 3.8) is 0 Å². The fourth-order valence-electron chi connectivity index (χ4n) is 3.89. The van der Waals surface area contributed by atoms with Gasteiger partial charge in [-0.15, -0.1) is 0 Å². The number of benzene rings is 2. The van der Waals surface area contributed by atoms with E-state index in [2.05, 4.69) is 27.0 Å². The maximum atomic E-state index is 12.4. The molecule has 9 heteroatoms. The molecule has 0 unspecified atom stereocenters. The summed E-state index contributed by atoms with van der Waals surface area (Å²) >= 11 is 0. The molecule has 0 radical (unpaired) electrons. The van der Waals surface area contributed by atoms with E-state index in [-0.39, 0.29) is 17.8 Å². The molecular formula is C25H26N4O5. The van der Waals surface area contributed by atoms with Gasteiger partial charge < -0.3 is 25.5 Å². The van der Waals surface area contributed by atoms with Crippen molar-refractivity contribution in [3.05, 3.63) is 65.7 Å². The lowest BCUT2D eigenvalue weighted by molar-refractivity contribution is -0.140. The summed E-state index contributed by atoms with van der Waals surface area (Å²) in [7, 11) is 0. The van der Waals surface area contributed by atoms with Gasteiger partial charge in [0.25, 0.3) is 5.89 Å². The van der Waals surface area contributed by atoms with Crippen LogP contribution < -0.4 is 16.0 Å². The highest BCUT2D eigenvalue weighted by molar-refractivity contribution is 6.00. The zero-order valence-corrected chi connectivity index (χ0v) is 18.9. The summed E-state index contributed by atoms with van der Waals surface area (Å²) in [5.74, 6) is -2.00. The number of oxazole rings is 1. The van der Waals surface area contributed by atoms with E-state index >= 15 is 0 Å². The lowest BCUT2D eigenvalue weighted by Gasteiger charge is -2.16. The average molecular weight is 463 g/mol. The molecule has 2 aromatic carbocycles. The predicted octanol–water partition coefficient (Wildman–Crippen LogP) is 4.31. The number of carboxylic acid groups (broad SMARTS) is 1. The monoisotopic (exact) mass is 462 g/mol. The van der Waals surface area contributed by atoms with Crippen LogP contribution in [0.25, 0.3) is 11.3 Å². The number of amides is 3. The Hall–Kier alpha value is -4.14. The Morgan fingerprint density at radius 3 is 2.35 bits per heavy atom. The fourth-order valence-corrected chi connectivity index (χ4v) is 3.89. The van der Waals surface area contributed by atoms with Crippen molar-refractivity contribution in [2.24, 2.45) is 5.92 Å². The number of anilines is 2. The van der Waals surface area contributed by atoms with Gasteiger partial charge in [0.05, 0.1) is 6.20 Å². The number of nitrogens with zero attached hydrogens (tertiary/aromatic N) is 1. The Labute approximate surface area is 196 Å². The Morgan fingerprint density at radius 2 is 1.65 bits per heavy atom. The number of fused-ring (bicyclic) bond motifs is 1. The lowest BCUT2D eigenvalue weighted by atomic mass is 10.1. The number of carbonyl (C=O) groups excluding carboxylic acids is 2. The molecule has 4 N–H and O–H groups in total. The van der Waals surface area contributed by atoms with Gasteiger partial charge in [0.2, 0.25) is 0 Å². The maximum Gasteiger partial charge on any atom is 0.326 e. The van der Waals surface area contributed by atoms with Crippen molar-refractivity contribution in [2.45, 2.75) is 39.2 Å². The van der Waals surface area contributed by atoms with Crippen LogP contribution in [0.15, 0.2) is 53.1 Å². The first kappa shape index (κ1) is 23.0. The van der Waals surface area contributed by atoms with Gasteiger partial charge in [-0.2, -0.15) is 0 Å². The van der Waals surface area contributed by atoms with Crippen LogP contribution in [0.2, 0.25) is 0 Å². The number of carbonyl (C=O) groups is 3. The van der Waals surface area contributed by atoms with Crippen LogP contribution in [0, 0.1) is 5.92 Å². The standard InChI is InChI=1S/C25H26N4O5/c1-14(2)21(24(31)32)29-22(30)23-26-13-20(34-23)16-7-9-18(10-8-16)27-25(33)28-19-11-6-15-4-3-5-17(15)12-19/h6-14,21H,3-5H2,1-2H3,(H,29,30)(H,31,32)(H2,27,28,33)/t21-/m0/s1. The van der Waals surface area contributed by atoms with Crippen molar-refractivity contribution in [2.75, 3.05) is 10.6 Å². The molecule has 0 fully saturated rings. The highest BCUT2D eigenvalue weighted by Gasteiger charge is 2.26. The van der Waals surface area contributed by atoms with Crippen molar-refractivity contribution in [3.8, 4) is 11.3 Å². The molecule has 1 atom stereocenters. The number of aliphatic carboxylic acids is 1. The summed E-state index contributed by atoms with van der Waals surface area (Å²) in [5, 5.41) is 17.3. The molecule has 3 amide bonds. The highest BCUT2D eigenvalue weighted by Crippen LogP contribution is 2.25. The molecule has 34 heavy (non-hydrogen) atoms. The Kier molecular flexibility index (Phi) is 6.62. The van der Waals surface area contributed by atoms with Gasteiger partial charge in [-0.3, -0.25) is 4.79 Å². The second-order valence-corrected chi connectivity index (χ2v) is 8.56. The minimum Gasteiger partial charge on any atom is -0.480 e. The van der Waals surface area contributed by atoms with E-state index in [9.17, 15) is 19.5 Å². The number of carboxylic acids is 1. The van der Waals surface area contributed by atoms with Crippen LogP contribution in [0.3, 0.4) is 0 Å². The molecule has 4 rings (SSSR count). The molecular weight excluding hydrogens is 436 g/mol. The van der Waals surface area contributed by atoms with E-state index in [1.165, 1.54) is 17.3 Å². The largest absolute Gasteiger partial charge is 0.480 e. The molecule has 1 aromatic heterocycles. The Bertz CT molecular complexity index is 1220. The molecule has 3 aromatic rings. The third-order valence-corrected chi connectivity index (χ3v) is 5.70. The normalized spacial score (nSPS) is 13.3. The van der Waals surface area contributed by atoms with Gasteiger partial charge >= 0.3 is 17.9 Å². The van der Waals surface area contributed by atoms with Crippen LogP contribution in [0.5, 0.6) is 0 Å². The number of aromatic nitrogens is 1. The Balaban J connectivity index is 1.36. The van der Waals surface area contributed by atoms with Gasteiger partial charge in [0.15, 0.2) is 5.76 Å². The zero-order chi connectivity index (χ0) is 24.2. The van der Waals surface area contributed by atoms with E-state index in [0.717, 1.165) is 24.9 Å². The first-order chi connectivity index (χ1) is 16.3. The molecule has 0 bridgehead atoms. The zero-order valence-electron chi connectivity index (χ0n) is 18.9. The topological polar surface area (TPSA) is 134 Å². The van der Waals surface area contributed by atoms with Gasteiger partial charge in [0.1, 0.15) is 6.04 Å². The fraction of sp³-hybridized carbons (Fsp3) is 0.280. The van der Waals surface area contributed by atoms with Crippen LogP contribution in [0.1, 0.15) is 42.1 Å². The van der Waals surface area contributed by atoms with Gasteiger partial charge in [-0.1, -0.05) is 19.9 Å². The molecule has 9 nitrogen and oxygen atoms in total. The lowest BCUT2D eigenvalue weighted by Crippen LogP contribution is -2.44. The maximum absolute atomic E-state index is 12.4. The number of rotatable bonds is 7. The first-order valence-corrected chi connectivity index (χ1v) is 11.1. The van der Waals surface area contributed by atoms with Crippen LogP contribution >= 0.6 is 0 Å². The second kappa shape index (κ2) is 9.78. The van der Waals surface area contributed by atoms with Gasteiger partial charge in [-0.25, -0.2) is 14.6 Å². The Morgan fingerprint density at radius 1 is 0.971 bits per heavy atom. The summed E-state index contributed by atoms with van der Waals surface area (Å²) < 4.78 is 5.51. The number of hydrogen-bond acceptors (Lipinski definition) is 5. The van der Waals surface area contributed by atoms with Crippen LogP contribution in [-0.4, -0.2) is 34.0 Å². The number of urea groups is 1. The minimum atomic E-state index is -1.13. The van der Waals surface area contributed by atoms with Gasteiger partial charge in [-0.05, 0) is 72.7 Å². The van der Waals surface area contributed by atoms with E-state index in [4.69, 9.17) is 4.42 Å². The van der Waals surface area contributed by atoms with E-state index in [1.54, 1.807) is 38.1 Å². The molecule has 1 heterocycles. The smallest absolute Gasteiger partial charge is 0.326 e. The van der Waals surface area contributed by atoms with Crippen molar-refractivity contribution >= 4 is 29.3 Å². The SMILES string of the molecule is CC(C)[C@H](NC(=O)c1ncc(-c2ccc(NC(=O)Nc3ccc4c(c3)CCC4)cc2)o1)C(=O)O. The summed E-state index contributed by atoms with van der Waals surface area (Å²) in [4.78, 5) is 39.9. The molecule has 1 aliphatic carbocycles. The molecule has 0 aliphatic heterocycles. The van der Waals surface area contributed by atoms with E-state index in [1.807, 2.05) is 12.1 Å². The second-order valence-electron chi connectivity index (χ2n) is 8.56. The first-order valence-electron chi connectivity index (χ1n) is 11.1. The van der Waals surface area contributed by atoms with Crippen molar-refractivity contribution in [1.82, 2.24) is 10.3 Å². The third kappa shape index (κ3) is 5.25. The summed E-state index contributed by atoms with van der Waals surface area (Å²) in [6, 6.07) is 11.5. The highest BCUT2D eigenvalue weighted by atomic mass is 16.4. The third-order valence-electron chi connectivity index (χ3n) is 5.70. The number of nitrogens with one attached hydrogen (secondary N) is 3. The number of hydrogen-bond donors (Lipinski definition) is 4. The minimum absolute atomic E-state index is 0.224. The summed E-state index contributed by atoms with van der Waals surface area (Å²) in [6.07, 6.45) is 4.67. The summed E-state index contributed by atoms with van der Waals surface area (Å²) in [5.41, 5.74) is 4.61. The quantitative estimate of drug-likeness (QED) is 0.413. The van der Waals surface area contributed by atoms with Crippen molar-refractivity contribution < 1.29 is 23.9 Å². The van der Waals surface area contributed by atoms with E-state index < -0.39 is 17.9 Å². The predicted molar refractivity (Wildman–Crippen MR) is 127 cm³/mol. The summed E-state index contributed by atoms with van der Waals surface area (Å²) in [6.45, 7) is 3.39. The van der Waals surface area contributed by atoms with Gasteiger partial charge in [0, 0.05) is 16.9 Å². The van der Waals surface area contributed by atoms with E-state index in [0.29, 0.717) is 17.0 Å².